The highest BCUT2D eigenvalue weighted by Crippen LogP contribution is 2.29. The SMILES string of the molecule is Nc1ccc(-c2nc3ccc(B(O)O)cc3s2)cc1. The number of fused-ring (bicyclic) bond motifs is 1. The molecule has 0 unspecified atom stereocenters. The van der Waals surface area contributed by atoms with Gasteiger partial charge in [-0.15, -0.1) is 11.3 Å². The molecule has 0 aliphatic heterocycles. The van der Waals surface area contributed by atoms with Crippen molar-refractivity contribution in [1.29, 1.82) is 0 Å². The summed E-state index contributed by atoms with van der Waals surface area (Å²) in [5, 5.41) is 19.2. The van der Waals surface area contributed by atoms with Crippen LogP contribution in [0.3, 0.4) is 0 Å². The van der Waals surface area contributed by atoms with E-state index in [1.165, 1.54) is 11.3 Å². The van der Waals surface area contributed by atoms with Gasteiger partial charge in [-0.2, -0.15) is 0 Å². The van der Waals surface area contributed by atoms with Crippen molar-refractivity contribution >= 4 is 39.8 Å². The van der Waals surface area contributed by atoms with Crippen LogP contribution < -0.4 is 11.2 Å². The Kier molecular flexibility index (Phi) is 2.98. The van der Waals surface area contributed by atoms with Crippen LogP contribution in [0.15, 0.2) is 42.5 Å². The highest BCUT2D eigenvalue weighted by atomic mass is 32.1. The molecule has 0 atom stereocenters. The van der Waals surface area contributed by atoms with Crippen molar-refractivity contribution < 1.29 is 10.0 Å². The lowest BCUT2D eigenvalue weighted by Gasteiger charge is -1.96. The van der Waals surface area contributed by atoms with E-state index in [0.717, 1.165) is 26.5 Å². The molecule has 1 aromatic heterocycles. The molecule has 0 bridgehead atoms. The maximum absolute atomic E-state index is 9.16. The number of benzene rings is 2. The third kappa shape index (κ3) is 2.33. The molecule has 0 aliphatic rings. The molecule has 2 aromatic carbocycles. The van der Waals surface area contributed by atoms with E-state index in [9.17, 15) is 0 Å². The van der Waals surface area contributed by atoms with Crippen LogP contribution >= 0.6 is 11.3 Å². The predicted octanol–water partition coefficient (Wildman–Crippen LogP) is 1.23. The number of nitrogens with zero attached hydrogens (tertiary/aromatic N) is 1. The first-order valence-electron chi connectivity index (χ1n) is 5.76. The van der Waals surface area contributed by atoms with Gasteiger partial charge in [-0.1, -0.05) is 6.07 Å². The molecule has 0 spiro atoms. The summed E-state index contributed by atoms with van der Waals surface area (Å²) >= 11 is 1.51. The van der Waals surface area contributed by atoms with Gasteiger partial charge < -0.3 is 15.8 Å². The highest BCUT2D eigenvalue weighted by Gasteiger charge is 2.13. The number of rotatable bonds is 2. The largest absolute Gasteiger partial charge is 0.488 e. The third-order valence-corrected chi connectivity index (χ3v) is 3.94. The molecule has 4 nitrogen and oxygen atoms in total. The van der Waals surface area contributed by atoms with Gasteiger partial charge >= 0.3 is 7.12 Å². The van der Waals surface area contributed by atoms with Crippen molar-refractivity contribution in [3.05, 3.63) is 42.5 Å². The Hall–Kier alpha value is -1.89. The first-order valence-corrected chi connectivity index (χ1v) is 6.58. The summed E-state index contributed by atoms with van der Waals surface area (Å²) in [6.07, 6.45) is 0. The van der Waals surface area contributed by atoms with Crippen molar-refractivity contribution in [2.75, 3.05) is 5.73 Å². The molecular formula is C13H11BN2O2S. The minimum Gasteiger partial charge on any atom is -0.423 e. The Bertz CT molecular complexity index is 725. The second kappa shape index (κ2) is 4.66. The van der Waals surface area contributed by atoms with Crippen LogP contribution in [0.25, 0.3) is 20.8 Å². The monoisotopic (exact) mass is 270 g/mol. The van der Waals surface area contributed by atoms with E-state index in [1.807, 2.05) is 24.3 Å². The zero-order valence-electron chi connectivity index (χ0n) is 9.95. The smallest absolute Gasteiger partial charge is 0.423 e. The van der Waals surface area contributed by atoms with Crippen LogP contribution in [0.2, 0.25) is 0 Å². The van der Waals surface area contributed by atoms with Gasteiger partial charge in [0.1, 0.15) is 5.01 Å². The summed E-state index contributed by atoms with van der Waals surface area (Å²) in [6, 6.07) is 12.7. The second-order valence-corrected chi connectivity index (χ2v) is 5.27. The topological polar surface area (TPSA) is 79.4 Å². The van der Waals surface area contributed by atoms with E-state index in [2.05, 4.69) is 4.98 Å². The minimum atomic E-state index is -1.45. The van der Waals surface area contributed by atoms with Crippen LogP contribution in [0.4, 0.5) is 5.69 Å². The summed E-state index contributed by atoms with van der Waals surface area (Å²) in [5.41, 5.74) is 8.70. The quantitative estimate of drug-likeness (QED) is 0.483. The van der Waals surface area contributed by atoms with Crippen LogP contribution in [-0.4, -0.2) is 22.2 Å². The molecule has 0 saturated heterocycles. The van der Waals surface area contributed by atoms with Crippen LogP contribution in [-0.2, 0) is 0 Å². The fourth-order valence-electron chi connectivity index (χ4n) is 1.85. The van der Waals surface area contributed by atoms with E-state index < -0.39 is 7.12 Å². The molecule has 94 valence electrons. The number of aromatic nitrogens is 1. The van der Waals surface area contributed by atoms with Crippen molar-refractivity contribution in [3.8, 4) is 10.6 Å². The van der Waals surface area contributed by atoms with Crippen LogP contribution in [0.1, 0.15) is 0 Å². The molecule has 4 N–H and O–H groups in total. The maximum Gasteiger partial charge on any atom is 0.488 e. The molecule has 0 amide bonds. The number of hydrogen-bond donors (Lipinski definition) is 3. The lowest BCUT2D eigenvalue weighted by Crippen LogP contribution is -2.29. The molecule has 6 heteroatoms. The van der Waals surface area contributed by atoms with Crippen molar-refractivity contribution in [3.63, 3.8) is 0 Å². The van der Waals surface area contributed by atoms with Crippen LogP contribution in [0.5, 0.6) is 0 Å². The molecule has 0 radical (unpaired) electrons. The number of thiazole rings is 1. The summed E-state index contributed by atoms with van der Waals surface area (Å²) in [4.78, 5) is 4.53. The van der Waals surface area contributed by atoms with E-state index in [0.29, 0.717) is 5.46 Å². The molecule has 0 saturated carbocycles. The van der Waals surface area contributed by atoms with Gasteiger partial charge in [0.15, 0.2) is 0 Å². The standard InChI is InChI=1S/C13H11BN2O2S/c15-10-4-1-8(2-5-10)13-16-11-6-3-9(14(17)18)7-12(11)19-13/h1-7,17-18H,15H2. The van der Waals surface area contributed by atoms with Gasteiger partial charge in [-0.25, -0.2) is 4.98 Å². The Balaban J connectivity index is 2.08. The molecule has 0 fully saturated rings. The zero-order chi connectivity index (χ0) is 13.4. The first kappa shape index (κ1) is 12.2. The van der Waals surface area contributed by atoms with Gasteiger partial charge in [-0.05, 0) is 41.9 Å². The predicted molar refractivity (Wildman–Crippen MR) is 79.3 cm³/mol. The third-order valence-electron chi connectivity index (χ3n) is 2.87. The lowest BCUT2D eigenvalue weighted by atomic mass is 9.80. The molecule has 0 aliphatic carbocycles. The maximum atomic E-state index is 9.16. The Morgan fingerprint density at radius 2 is 1.79 bits per heavy atom. The van der Waals surface area contributed by atoms with E-state index in [4.69, 9.17) is 15.8 Å². The summed E-state index contributed by atoms with van der Waals surface area (Å²) in [6.45, 7) is 0. The number of anilines is 1. The number of nitrogen functional groups attached to an aromatic ring is 1. The summed E-state index contributed by atoms with van der Waals surface area (Å²) in [5.74, 6) is 0. The fourth-order valence-corrected chi connectivity index (χ4v) is 2.87. The number of hydrogen-bond acceptors (Lipinski definition) is 5. The van der Waals surface area contributed by atoms with Gasteiger partial charge in [0.25, 0.3) is 0 Å². The van der Waals surface area contributed by atoms with Gasteiger partial charge in [0.05, 0.1) is 10.2 Å². The number of nitrogens with two attached hydrogens (primary N) is 1. The van der Waals surface area contributed by atoms with Crippen molar-refractivity contribution in [2.45, 2.75) is 0 Å². The Labute approximate surface area is 114 Å². The van der Waals surface area contributed by atoms with Gasteiger partial charge in [0.2, 0.25) is 0 Å². The van der Waals surface area contributed by atoms with E-state index in [1.54, 1.807) is 18.2 Å². The Morgan fingerprint density at radius 1 is 1.05 bits per heavy atom. The molecule has 3 aromatic rings. The van der Waals surface area contributed by atoms with Gasteiger partial charge in [-0.3, -0.25) is 0 Å². The van der Waals surface area contributed by atoms with Crippen molar-refractivity contribution in [1.82, 2.24) is 4.98 Å². The van der Waals surface area contributed by atoms with E-state index >= 15 is 0 Å². The Morgan fingerprint density at radius 3 is 2.47 bits per heavy atom. The summed E-state index contributed by atoms with van der Waals surface area (Å²) in [7, 11) is -1.45. The van der Waals surface area contributed by atoms with Gasteiger partial charge in [0, 0.05) is 11.3 Å². The molecule has 1 heterocycles. The zero-order valence-corrected chi connectivity index (χ0v) is 10.8. The minimum absolute atomic E-state index is 0.472. The van der Waals surface area contributed by atoms with Crippen LogP contribution in [0, 0.1) is 0 Å². The van der Waals surface area contributed by atoms with E-state index in [-0.39, 0.29) is 0 Å². The average molecular weight is 270 g/mol. The molecule has 3 rings (SSSR count). The molecule has 19 heavy (non-hydrogen) atoms. The first-order chi connectivity index (χ1) is 9.13. The lowest BCUT2D eigenvalue weighted by molar-refractivity contribution is 0.426. The summed E-state index contributed by atoms with van der Waals surface area (Å²) < 4.78 is 0.928. The highest BCUT2D eigenvalue weighted by molar-refractivity contribution is 7.21. The average Bonchev–Trinajstić information content (AvgIpc) is 2.82. The fraction of sp³-hybridized carbons (Fsp3) is 0. The van der Waals surface area contributed by atoms with Crippen molar-refractivity contribution in [2.24, 2.45) is 0 Å². The normalized spacial score (nSPS) is 10.8. The molecular weight excluding hydrogens is 259 g/mol. The second-order valence-electron chi connectivity index (χ2n) is 4.24.